The molecule has 3 heterocycles. The van der Waals surface area contributed by atoms with Gasteiger partial charge in [0, 0.05) is 0 Å². The lowest BCUT2D eigenvalue weighted by Crippen LogP contribution is -2.32. The molecule has 0 aliphatic carbocycles. The van der Waals surface area contributed by atoms with Gasteiger partial charge < -0.3 is 20.7 Å². The van der Waals surface area contributed by atoms with Crippen LogP contribution in [-0.4, -0.2) is 53.9 Å². The van der Waals surface area contributed by atoms with Crippen LogP contribution < -0.4 is 5.73 Å². The van der Waals surface area contributed by atoms with Crippen molar-refractivity contribution in [2.45, 2.75) is 24.5 Å². The lowest BCUT2D eigenvalue weighted by molar-refractivity contribution is -0.0291. The van der Waals surface area contributed by atoms with Gasteiger partial charge in [0.2, 0.25) is 0 Å². The van der Waals surface area contributed by atoms with Crippen LogP contribution in [0.25, 0.3) is 11.2 Å². The molecule has 0 saturated carbocycles. The van der Waals surface area contributed by atoms with Crippen molar-refractivity contribution in [3.63, 3.8) is 0 Å². The number of rotatable bonds is 2. The molecule has 0 spiro atoms. The molecule has 4 N–H and O–H groups in total. The van der Waals surface area contributed by atoms with Crippen LogP contribution in [0.2, 0.25) is 0 Å². The number of anilines is 1. The van der Waals surface area contributed by atoms with Crippen LogP contribution in [0.15, 0.2) is 12.7 Å². The van der Waals surface area contributed by atoms with Crippen molar-refractivity contribution >= 4 is 28.6 Å². The highest BCUT2D eigenvalue weighted by atomic mass is 35.5. The van der Waals surface area contributed by atoms with E-state index in [9.17, 15) is 10.2 Å². The summed E-state index contributed by atoms with van der Waals surface area (Å²) >= 11 is 5.67. The average Bonchev–Trinajstić information content (AvgIpc) is 2.94. The van der Waals surface area contributed by atoms with Crippen LogP contribution in [0.5, 0.6) is 0 Å². The van der Waals surface area contributed by atoms with Crippen molar-refractivity contribution in [3.05, 3.63) is 12.7 Å². The van der Waals surface area contributed by atoms with Gasteiger partial charge in [0.15, 0.2) is 17.7 Å². The Hall–Kier alpha value is -1.48. The van der Waals surface area contributed by atoms with Crippen molar-refractivity contribution in [2.75, 3.05) is 11.6 Å². The van der Waals surface area contributed by atoms with Crippen LogP contribution in [0.3, 0.4) is 0 Å². The highest BCUT2D eigenvalue weighted by Crippen LogP contribution is 2.32. The molecule has 4 atom stereocenters. The summed E-state index contributed by atoms with van der Waals surface area (Å²) in [6.07, 6.45) is -0.882. The fourth-order valence-corrected chi connectivity index (χ4v) is 2.40. The molecule has 1 saturated heterocycles. The molecule has 8 nitrogen and oxygen atoms in total. The summed E-state index contributed by atoms with van der Waals surface area (Å²) in [5, 5.41) is 19.8. The molecule has 1 aliphatic rings. The second-order valence-electron chi connectivity index (χ2n) is 4.28. The number of nitrogens with zero attached hydrogens (tertiary/aromatic N) is 4. The van der Waals surface area contributed by atoms with Crippen molar-refractivity contribution in [3.8, 4) is 0 Å². The Morgan fingerprint density at radius 3 is 2.79 bits per heavy atom. The molecule has 0 aromatic carbocycles. The number of nitrogen functional groups attached to an aromatic ring is 1. The molecule has 0 amide bonds. The molecule has 1 aliphatic heterocycles. The number of aliphatic hydroxyl groups excluding tert-OH is 2. The van der Waals surface area contributed by atoms with E-state index in [0.717, 1.165) is 0 Å². The molecule has 102 valence electrons. The molecular formula is C10H12ClN5O3. The third-order valence-electron chi connectivity index (χ3n) is 3.15. The third-order valence-corrected chi connectivity index (χ3v) is 3.45. The van der Waals surface area contributed by atoms with Gasteiger partial charge in [-0.25, -0.2) is 15.0 Å². The van der Waals surface area contributed by atoms with E-state index < -0.39 is 24.5 Å². The maximum Gasteiger partial charge on any atom is 0.167 e. The number of alkyl halides is 1. The monoisotopic (exact) mass is 285 g/mol. The molecule has 0 radical (unpaired) electrons. The van der Waals surface area contributed by atoms with E-state index >= 15 is 0 Å². The second-order valence-corrected chi connectivity index (χ2v) is 4.59. The van der Waals surface area contributed by atoms with Gasteiger partial charge in [-0.2, -0.15) is 0 Å². The number of halogens is 1. The van der Waals surface area contributed by atoms with Gasteiger partial charge in [0.25, 0.3) is 0 Å². The number of aromatic nitrogens is 4. The van der Waals surface area contributed by atoms with Gasteiger partial charge in [-0.15, -0.1) is 11.6 Å². The molecular weight excluding hydrogens is 274 g/mol. The third kappa shape index (κ3) is 1.84. The largest absolute Gasteiger partial charge is 0.387 e. The topological polar surface area (TPSA) is 119 Å². The van der Waals surface area contributed by atoms with E-state index in [-0.39, 0.29) is 11.7 Å². The minimum atomic E-state index is -1.11. The summed E-state index contributed by atoms with van der Waals surface area (Å²) in [6, 6.07) is 0. The standard InChI is InChI=1S/C10H12ClN5O3/c11-1-4-6(17)7(18)10(19-4)16-3-15-5-8(12)13-2-14-9(5)16/h2-4,6-7,10,17-18H,1H2,(H2,12,13,14)/t4?,6-,7-,10?/m0/s1. The number of fused-ring (bicyclic) bond motifs is 1. The molecule has 1 fully saturated rings. The lowest BCUT2D eigenvalue weighted by atomic mass is 10.1. The summed E-state index contributed by atoms with van der Waals surface area (Å²) in [7, 11) is 0. The summed E-state index contributed by atoms with van der Waals surface area (Å²) in [5.74, 6) is 0.323. The fourth-order valence-electron chi connectivity index (χ4n) is 2.14. The zero-order chi connectivity index (χ0) is 13.6. The van der Waals surface area contributed by atoms with Crippen molar-refractivity contribution in [1.82, 2.24) is 19.5 Å². The van der Waals surface area contributed by atoms with Crippen LogP contribution in [0.4, 0.5) is 5.82 Å². The Morgan fingerprint density at radius 2 is 2.11 bits per heavy atom. The SMILES string of the molecule is Nc1ncnc2c1ncn2C1OC(CCl)[C@H](O)[C@@H]1O. The van der Waals surface area contributed by atoms with E-state index in [2.05, 4.69) is 15.0 Å². The quantitative estimate of drug-likeness (QED) is 0.622. The van der Waals surface area contributed by atoms with Gasteiger partial charge in [-0.1, -0.05) is 0 Å². The van der Waals surface area contributed by atoms with Crippen molar-refractivity contribution in [1.29, 1.82) is 0 Å². The number of hydrogen-bond donors (Lipinski definition) is 3. The Morgan fingerprint density at radius 1 is 1.32 bits per heavy atom. The number of ether oxygens (including phenoxy) is 1. The minimum absolute atomic E-state index is 0.0818. The number of hydrogen-bond acceptors (Lipinski definition) is 7. The first-order valence-corrected chi connectivity index (χ1v) is 6.17. The van der Waals surface area contributed by atoms with Gasteiger partial charge in [-0.3, -0.25) is 4.57 Å². The first-order valence-electron chi connectivity index (χ1n) is 5.64. The van der Waals surface area contributed by atoms with Crippen molar-refractivity contribution in [2.24, 2.45) is 0 Å². The summed E-state index contributed by atoms with van der Waals surface area (Å²) in [5.41, 5.74) is 6.53. The average molecular weight is 286 g/mol. The van der Waals surface area contributed by atoms with Crippen LogP contribution in [0.1, 0.15) is 6.23 Å². The minimum Gasteiger partial charge on any atom is -0.387 e. The predicted molar refractivity (Wildman–Crippen MR) is 66.4 cm³/mol. The highest BCUT2D eigenvalue weighted by molar-refractivity contribution is 6.18. The van der Waals surface area contributed by atoms with E-state index in [1.54, 1.807) is 0 Å². The Balaban J connectivity index is 2.04. The van der Waals surface area contributed by atoms with Gasteiger partial charge >= 0.3 is 0 Å². The van der Waals surface area contributed by atoms with E-state index in [4.69, 9.17) is 22.1 Å². The molecule has 3 rings (SSSR count). The smallest absolute Gasteiger partial charge is 0.167 e. The lowest BCUT2D eigenvalue weighted by Gasteiger charge is -2.16. The van der Waals surface area contributed by atoms with Crippen LogP contribution >= 0.6 is 11.6 Å². The zero-order valence-corrected chi connectivity index (χ0v) is 10.5. The maximum atomic E-state index is 10.0. The van der Waals surface area contributed by atoms with E-state index in [1.165, 1.54) is 17.2 Å². The first kappa shape index (κ1) is 12.5. The molecule has 2 unspecified atom stereocenters. The molecule has 0 bridgehead atoms. The van der Waals surface area contributed by atoms with Crippen LogP contribution in [0, 0.1) is 0 Å². The Bertz CT molecular complexity index is 606. The number of imidazole rings is 1. The van der Waals surface area contributed by atoms with Crippen LogP contribution in [-0.2, 0) is 4.74 Å². The molecule has 2 aromatic rings. The Kier molecular flexibility index (Phi) is 3.02. The maximum absolute atomic E-state index is 10.0. The predicted octanol–water partition coefficient (Wildman–Crippen LogP) is -0.734. The zero-order valence-electron chi connectivity index (χ0n) is 9.72. The van der Waals surface area contributed by atoms with Gasteiger partial charge in [0.05, 0.1) is 12.2 Å². The first-order chi connectivity index (χ1) is 9.13. The van der Waals surface area contributed by atoms with E-state index in [1.807, 2.05) is 0 Å². The highest BCUT2D eigenvalue weighted by Gasteiger charge is 2.43. The Labute approximate surface area is 112 Å². The van der Waals surface area contributed by atoms with Crippen molar-refractivity contribution < 1.29 is 14.9 Å². The van der Waals surface area contributed by atoms with E-state index in [0.29, 0.717) is 11.2 Å². The molecule has 19 heavy (non-hydrogen) atoms. The summed E-state index contributed by atoms with van der Waals surface area (Å²) < 4.78 is 7.03. The molecule has 2 aromatic heterocycles. The number of nitrogens with two attached hydrogens (primary N) is 1. The summed E-state index contributed by atoms with van der Waals surface area (Å²) in [6.45, 7) is 0. The molecule has 9 heteroatoms. The van der Waals surface area contributed by atoms with Gasteiger partial charge in [-0.05, 0) is 0 Å². The second kappa shape index (κ2) is 4.57. The fraction of sp³-hybridized carbons (Fsp3) is 0.500. The summed E-state index contributed by atoms with van der Waals surface area (Å²) in [4.78, 5) is 12.0. The normalized spacial score (nSPS) is 31.1. The number of aliphatic hydroxyl groups is 2. The van der Waals surface area contributed by atoms with Gasteiger partial charge in [0.1, 0.15) is 30.2 Å².